The zero-order valence-electron chi connectivity index (χ0n) is 11.1. The van der Waals surface area contributed by atoms with Crippen LogP contribution in [0.25, 0.3) is 0 Å². The van der Waals surface area contributed by atoms with E-state index in [2.05, 4.69) is 10.1 Å². The Bertz CT molecular complexity index is 605. The molecule has 0 fully saturated rings. The standard InChI is InChI=1S/C15H15F2NO3/c16-15(17)21-14-4-2-1-3-11(14)9-18-8-10-5-6-12(19)7-13(10)20/h1-7,15,18-20H,8-9H2. The smallest absolute Gasteiger partial charge is 0.387 e. The molecule has 0 aromatic heterocycles. The van der Waals surface area contributed by atoms with Crippen LogP contribution in [0, 0.1) is 0 Å². The van der Waals surface area contributed by atoms with Crippen LogP contribution in [0.1, 0.15) is 11.1 Å². The van der Waals surface area contributed by atoms with Crippen LogP contribution in [0.4, 0.5) is 8.78 Å². The number of rotatable bonds is 6. The summed E-state index contributed by atoms with van der Waals surface area (Å²) in [7, 11) is 0. The number of hydrogen-bond donors (Lipinski definition) is 3. The molecule has 2 rings (SSSR count). The number of nitrogens with one attached hydrogen (secondary N) is 1. The summed E-state index contributed by atoms with van der Waals surface area (Å²) in [6.45, 7) is -2.23. The minimum atomic E-state index is -2.87. The Labute approximate surface area is 120 Å². The Morgan fingerprint density at radius 1 is 1.00 bits per heavy atom. The summed E-state index contributed by atoms with van der Waals surface area (Å²) in [5.41, 5.74) is 1.19. The molecule has 3 N–H and O–H groups in total. The zero-order chi connectivity index (χ0) is 15.2. The molecule has 0 heterocycles. The van der Waals surface area contributed by atoms with Crippen LogP contribution in [0.5, 0.6) is 17.2 Å². The van der Waals surface area contributed by atoms with Crippen molar-refractivity contribution in [1.82, 2.24) is 5.32 Å². The summed E-state index contributed by atoms with van der Waals surface area (Å²) in [6, 6.07) is 10.8. The lowest BCUT2D eigenvalue weighted by Gasteiger charge is -2.12. The number of alkyl halides is 2. The van der Waals surface area contributed by atoms with E-state index in [0.29, 0.717) is 24.2 Å². The number of aromatic hydroxyl groups is 2. The molecule has 0 saturated carbocycles. The molecule has 0 saturated heterocycles. The molecular formula is C15H15F2NO3. The highest BCUT2D eigenvalue weighted by molar-refractivity contribution is 5.39. The quantitative estimate of drug-likeness (QED) is 0.766. The Morgan fingerprint density at radius 3 is 2.43 bits per heavy atom. The first-order valence-electron chi connectivity index (χ1n) is 6.30. The number of halogens is 2. The molecule has 0 amide bonds. The van der Waals surface area contributed by atoms with Crippen molar-refractivity contribution in [3.63, 3.8) is 0 Å². The molecule has 112 valence electrons. The minimum Gasteiger partial charge on any atom is -0.508 e. The fourth-order valence-electron chi connectivity index (χ4n) is 1.89. The summed E-state index contributed by atoms with van der Waals surface area (Å²) in [4.78, 5) is 0. The lowest BCUT2D eigenvalue weighted by Crippen LogP contribution is -2.14. The SMILES string of the molecule is Oc1ccc(CNCc2ccccc2OC(F)F)c(O)c1. The molecule has 0 unspecified atom stereocenters. The fourth-order valence-corrected chi connectivity index (χ4v) is 1.89. The van der Waals surface area contributed by atoms with Crippen LogP contribution >= 0.6 is 0 Å². The van der Waals surface area contributed by atoms with Gasteiger partial charge in [-0.1, -0.05) is 24.3 Å². The average molecular weight is 295 g/mol. The minimum absolute atomic E-state index is 0.0214. The van der Waals surface area contributed by atoms with Crippen molar-refractivity contribution in [3.05, 3.63) is 53.6 Å². The first-order valence-corrected chi connectivity index (χ1v) is 6.30. The van der Waals surface area contributed by atoms with Crippen molar-refractivity contribution in [2.24, 2.45) is 0 Å². The van der Waals surface area contributed by atoms with Crippen LogP contribution in [-0.2, 0) is 13.1 Å². The second-order valence-electron chi connectivity index (χ2n) is 4.40. The van der Waals surface area contributed by atoms with Crippen LogP contribution < -0.4 is 10.1 Å². The first-order chi connectivity index (χ1) is 10.1. The molecule has 0 aliphatic carbocycles. The van der Waals surface area contributed by atoms with Crippen LogP contribution in [-0.4, -0.2) is 16.8 Å². The lowest BCUT2D eigenvalue weighted by molar-refractivity contribution is -0.0505. The van der Waals surface area contributed by atoms with Crippen LogP contribution in [0.15, 0.2) is 42.5 Å². The molecule has 2 aromatic rings. The van der Waals surface area contributed by atoms with Gasteiger partial charge in [0.1, 0.15) is 17.2 Å². The number of phenols is 2. The Kier molecular flexibility index (Phi) is 4.94. The Morgan fingerprint density at radius 2 is 1.71 bits per heavy atom. The Balaban J connectivity index is 1.97. The molecule has 0 aliphatic heterocycles. The first kappa shape index (κ1) is 15.1. The molecule has 0 aliphatic rings. The maximum Gasteiger partial charge on any atom is 0.387 e. The predicted octanol–water partition coefficient (Wildman–Crippen LogP) is 2.99. The summed E-state index contributed by atoms with van der Waals surface area (Å²) >= 11 is 0. The van der Waals surface area contributed by atoms with E-state index in [1.807, 2.05) is 0 Å². The van der Waals surface area contributed by atoms with Gasteiger partial charge in [-0.3, -0.25) is 0 Å². The molecule has 0 spiro atoms. The lowest BCUT2D eigenvalue weighted by atomic mass is 10.1. The highest BCUT2D eigenvalue weighted by Crippen LogP contribution is 2.23. The monoisotopic (exact) mass is 295 g/mol. The van der Waals surface area contributed by atoms with Crippen molar-refractivity contribution in [1.29, 1.82) is 0 Å². The van der Waals surface area contributed by atoms with Gasteiger partial charge in [0, 0.05) is 30.3 Å². The predicted molar refractivity (Wildman–Crippen MR) is 73.4 cm³/mol. The molecular weight excluding hydrogens is 280 g/mol. The topological polar surface area (TPSA) is 61.7 Å². The van der Waals surface area contributed by atoms with E-state index in [1.54, 1.807) is 24.3 Å². The highest BCUT2D eigenvalue weighted by atomic mass is 19.3. The largest absolute Gasteiger partial charge is 0.508 e. The van der Waals surface area contributed by atoms with Crippen molar-refractivity contribution in [2.75, 3.05) is 0 Å². The molecule has 21 heavy (non-hydrogen) atoms. The maximum atomic E-state index is 12.3. The van der Waals surface area contributed by atoms with Gasteiger partial charge in [-0.15, -0.1) is 0 Å². The molecule has 0 atom stereocenters. The second kappa shape index (κ2) is 6.90. The molecule has 0 bridgehead atoms. The van der Waals surface area contributed by atoms with Gasteiger partial charge >= 0.3 is 6.61 Å². The number of ether oxygens (including phenoxy) is 1. The molecule has 4 nitrogen and oxygen atoms in total. The number of para-hydroxylation sites is 1. The molecule has 0 radical (unpaired) electrons. The normalized spacial score (nSPS) is 10.8. The van der Waals surface area contributed by atoms with Crippen molar-refractivity contribution < 1.29 is 23.7 Å². The van der Waals surface area contributed by atoms with Crippen molar-refractivity contribution in [3.8, 4) is 17.2 Å². The molecule has 2 aromatic carbocycles. The third-order valence-electron chi connectivity index (χ3n) is 2.89. The van der Waals surface area contributed by atoms with Gasteiger partial charge < -0.3 is 20.3 Å². The zero-order valence-corrected chi connectivity index (χ0v) is 11.1. The van der Waals surface area contributed by atoms with E-state index in [4.69, 9.17) is 0 Å². The van der Waals surface area contributed by atoms with Gasteiger partial charge in [-0.2, -0.15) is 8.78 Å². The van der Waals surface area contributed by atoms with Gasteiger partial charge in [0.15, 0.2) is 0 Å². The van der Waals surface area contributed by atoms with E-state index in [1.165, 1.54) is 18.2 Å². The van der Waals surface area contributed by atoms with Crippen LogP contribution in [0.2, 0.25) is 0 Å². The van der Waals surface area contributed by atoms with E-state index in [-0.39, 0.29) is 17.2 Å². The van der Waals surface area contributed by atoms with Gasteiger partial charge in [0.2, 0.25) is 0 Å². The maximum absolute atomic E-state index is 12.3. The van der Waals surface area contributed by atoms with Crippen LogP contribution in [0.3, 0.4) is 0 Å². The van der Waals surface area contributed by atoms with E-state index in [9.17, 15) is 19.0 Å². The fraction of sp³-hybridized carbons (Fsp3) is 0.200. The number of benzene rings is 2. The summed E-state index contributed by atoms with van der Waals surface area (Å²) in [5.74, 6) is 0.0708. The van der Waals surface area contributed by atoms with Gasteiger partial charge in [0.25, 0.3) is 0 Å². The van der Waals surface area contributed by atoms with Gasteiger partial charge in [0.05, 0.1) is 0 Å². The van der Waals surface area contributed by atoms with Gasteiger partial charge in [-0.05, 0) is 12.1 Å². The van der Waals surface area contributed by atoms with E-state index >= 15 is 0 Å². The average Bonchev–Trinajstić information content (AvgIpc) is 2.42. The van der Waals surface area contributed by atoms with E-state index < -0.39 is 6.61 Å². The van der Waals surface area contributed by atoms with E-state index in [0.717, 1.165) is 0 Å². The summed E-state index contributed by atoms with van der Waals surface area (Å²) < 4.78 is 29.0. The van der Waals surface area contributed by atoms with Crippen molar-refractivity contribution >= 4 is 0 Å². The third kappa shape index (κ3) is 4.32. The number of phenolic OH excluding ortho intramolecular Hbond substituents is 2. The second-order valence-corrected chi connectivity index (χ2v) is 4.40. The van der Waals surface area contributed by atoms with Gasteiger partial charge in [-0.25, -0.2) is 0 Å². The summed E-state index contributed by atoms with van der Waals surface area (Å²) in [6.07, 6.45) is 0. The molecule has 6 heteroatoms. The summed E-state index contributed by atoms with van der Waals surface area (Å²) in [5, 5.41) is 21.9. The number of hydrogen-bond acceptors (Lipinski definition) is 4. The van der Waals surface area contributed by atoms with Crippen molar-refractivity contribution in [2.45, 2.75) is 19.7 Å². The highest BCUT2D eigenvalue weighted by Gasteiger charge is 2.09. The third-order valence-corrected chi connectivity index (χ3v) is 2.89. The Hall–Kier alpha value is -2.34.